The third-order valence-corrected chi connectivity index (χ3v) is 2.65. The zero-order valence-electron chi connectivity index (χ0n) is 12.6. The number of amides is 3. The molecule has 4 unspecified atom stereocenters. The Morgan fingerprint density at radius 2 is 1.59 bits per heavy atom. The molecule has 3 amide bonds. The summed E-state index contributed by atoms with van der Waals surface area (Å²) >= 11 is 0. The summed E-state index contributed by atoms with van der Waals surface area (Å²) in [4.78, 5) is 45.3. The van der Waals surface area contributed by atoms with Crippen LogP contribution in [0.1, 0.15) is 20.8 Å². The molecule has 7 N–H and O–H groups in total. The number of rotatable bonds is 8. The molecule has 0 saturated heterocycles. The highest BCUT2D eigenvalue weighted by Gasteiger charge is 2.27. The monoisotopic (exact) mass is 318 g/mol. The Labute approximate surface area is 127 Å². The molecular weight excluding hydrogens is 296 g/mol. The lowest BCUT2D eigenvalue weighted by atomic mass is 10.1. The number of aliphatic carboxylic acids is 1. The van der Waals surface area contributed by atoms with Crippen molar-refractivity contribution in [3.8, 4) is 0 Å². The summed E-state index contributed by atoms with van der Waals surface area (Å²) in [6, 6.07) is -3.24. The number of aliphatic hydroxyl groups is 1. The van der Waals surface area contributed by atoms with Gasteiger partial charge in [0.05, 0.1) is 18.7 Å². The minimum Gasteiger partial charge on any atom is -0.480 e. The van der Waals surface area contributed by atoms with Crippen LogP contribution in [0.4, 0.5) is 0 Å². The van der Waals surface area contributed by atoms with Crippen molar-refractivity contribution in [1.82, 2.24) is 16.0 Å². The predicted octanol–water partition coefficient (Wildman–Crippen LogP) is -3.10. The molecule has 10 heteroatoms. The molecule has 0 aliphatic carbocycles. The van der Waals surface area contributed by atoms with Crippen molar-refractivity contribution in [2.24, 2.45) is 5.73 Å². The standard InChI is InChI=1S/C12H22N4O6/c1-5(13)10(19)16-9(7(3)17)11(20)14-4-8(18)15-6(2)12(21)22/h5-7,9,17H,4,13H2,1-3H3,(H,14,20)(H,15,18)(H,16,19)(H,21,22). The van der Waals surface area contributed by atoms with Crippen LogP contribution < -0.4 is 21.7 Å². The number of carboxylic acid groups (broad SMARTS) is 1. The van der Waals surface area contributed by atoms with Crippen LogP contribution >= 0.6 is 0 Å². The van der Waals surface area contributed by atoms with E-state index >= 15 is 0 Å². The van der Waals surface area contributed by atoms with Crippen LogP contribution in [-0.4, -0.2) is 64.7 Å². The molecule has 0 aromatic carbocycles. The lowest BCUT2D eigenvalue weighted by Crippen LogP contribution is -2.56. The van der Waals surface area contributed by atoms with Crippen molar-refractivity contribution < 1.29 is 29.4 Å². The van der Waals surface area contributed by atoms with E-state index < -0.39 is 54.5 Å². The van der Waals surface area contributed by atoms with Crippen molar-refractivity contribution >= 4 is 23.7 Å². The maximum atomic E-state index is 11.8. The Bertz CT molecular complexity index is 437. The topological polar surface area (TPSA) is 171 Å². The van der Waals surface area contributed by atoms with Crippen LogP contribution in [-0.2, 0) is 19.2 Å². The molecule has 0 aliphatic rings. The van der Waals surface area contributed by atoms with Gasteiger partial charge in [0.15, 0.2) is 0 Å². The second kappa shape index (κ2) is 8.95. The van der Waals surface area contributed by atoms with E-state index in [1.165, 1.54) is 20.8 Å². The average molecular weight is 318 g/mol. The number of carbonyl (C=O) groups excluding carboxylic acids is 3. The average Bonchev–Trinajstić information content (AvgIpc) is 2.40. The molecule has 22 heavy (non-hydrogen) atoms. The van der Waals surface area contributed by atoms with Gasteiger partial charge in [0.25, 0.3) is 0 Å². The normalized spacial score (nSPS) is 15.9. The van der Waals surface area contributed by atoms with Crippen LogP contribution in [0.5, 0.6) is 0 Å². The van der Waals surface area contributed by atoms with Gasteiger partial charge in [0, 0.05) is 0 Å². The lowest BCUT2D eigenvalue weighted by Gasteiger charge is -2.21. The molecule has 10 nitrogen and oxygen atoms in total. The molecule has 0 heterocycles. The largest absolute Gasteiger partial charge is 0.480 e. The van der Waals surface area contributed by atoms with Crippen LogP contribution in [0.15, 0.2) is 0 Å². The van der Waals surface area contributed by atoms with Gasteiger partial charge in [-0.05, 0) is 20.8 Å². The summed E-state index contributed by atoms with van der Waals surface area (Å²) in [5, 5.41) is 24.7. The lowest BCUT2D eigenvalue weighted by molar-refractivity contribution is -0.141. The van der Waals surface area contributed by atoms with E-state index in [-0.39, 0.29) is 0 Å². The van der Waals surface area contributed by atoms with Crippen molar-refractivity contribution in [2.75, 3.05) is 6.54 Å². The smallest absolute Gasteiger partial charge is 0.325 e. The Morgan fingerprint density at radius 3 is 2.00 bits per heavy atom. The number of nitrogens with two attached hydrogens (primary N) is 1. The first kappa shape index (κ1) is 19.8. The van der Waals surface area contributed by atoms with Gasteiger partial charge >= 0.3 is 5.97 Å². The van der Waals surface area contributed by atoms with Crippen molar-refractivity contribution in [2.45, 2.75) is 45.0 Å². The highest BCUT2D eigenvalue weighted by Crippen LogP contribution is 1.94. The van der Waals surface area contributed by atoms with E-state index in [1.54, 1.807) is 0 Å². The Kier molecular flexibility index (Phi) is 8.05. The van der Waals surface area contributed by atoms with Crippen LogP contribution in [0, 0.1) is 0 Å². The summed E-state index contributed by atoms with van der Waals surface area (Å²) in [5.41, 5.74) is 5.34. The van der Waals surface area contributed by atoms with Gasteiger partial charge in [-0.2, -0.15) is 0 Å². The van der Waals surface area contributed by atoms with Crippen molar-refractivity contribution in [3.05, 3.63) is 0 Å². The quantitative estimate of drug-likeness (QED) is 0.275. The van der Waals surface area contributed by atoms with Crippen LogP contribution in [0.3, 0.4) is 0 Å². The molecule has 4 atom stereocenters. The fourth-order valence-corrected chi connectivity index (χ4v) is 1.32. The summed E-state index contributed by atoms with van der Waals surface area (Å²) in [5.74, 6) is -3.36. The third kappa shape index (κ3) is 6.99. The zero-order chi connectivity index (χ0) is 17.4. The highest BCUT2D eigenvalue weighted by atomic mass is 16.4. The Balaban J connectivity index is 4.50. The van der Waals surface area contributed by atoms with Gasteiger partial charge in [-0.3, -0.25) is 19.2 Å². The first-order chi connectivity index (χ1) is 10.1. The molecule has 0 spiro atoms. The molecule has 0 aromatic rings. The Hall–Kier alpha value is -2.20. The molecule has 0 saturated carbocycles. The minimum absolute atomic E-state index is 0.492. The van der Waals surface area contributed by atoms with E-state index in [4.69, 9.17) is 10.8 Å². The van der Waals surface area contributed by atoms with Gasteiger partial charge in [-0.15, -0.1) is 0 Å². The molecular formula is C12H22N4O6. The molecule has 0 radical (unpaired) electrons. The molecule has 0 rings (SSSR count). The fraction of sp³-hybridized carbons (Fsp3) is 0.667. The summed E-state index contributed by atoms with van der Waals surface area (Å²) in [6.45, 7) is 3.47. The summed E-state index contributed by atoms with van der Waals surface area (Å²) in [7, 11) is 0. The van der Waals surface area contributed by atoms with E-state index in [9.17, 15) is 24.3 Å². The highest BCUT2D eigenvalue weighted by molar-refractivity contribution is 5.92. The van der Waals surface area contributed by atoms with Crippen LogP contribution in [0.25, 0.3) is 0 Å². The van der Waals surface area contributed by atoms with E-state index in [0.29, 0.717) is 0 Å². The third-order valence-electron chi connectivity index (χ3n) is 2.65. The second-order valence-corrected chi connectivity index (χ2v) is 4.86. The summed E-state index contributed by atoms with van der Waals surface area (Å²) in [6.07, 6.45) is -1.20. The van der Waals surface area contributed by atoms with Gasteiger partial charge in [0.1, 0.15) is 12.1 Å². The molecule has 0 aliphatic heterocycles. The fourth-order valence-electron chi connectivity index (χ4n) is 1.32. The molecule has 0 bridgehead atoms. The van der Waals surface area contributed by atoms with Gasteiger partial charge in [0.2, 0.25) is 17.7 Å². The van der Waals surface area contributed by atoms with Crippen molar-refractivity contribution in [1.29, 1.82) is 0 Å². The van der Waals surface area contributed by atoms with Gasteiger partial charge in [-0.25, -0.2) is 0 Å². The van der Waals surface area contributed by atoms with Gasteiger partial charge < -0.3 is 31.9 Å². The van der Waals surface area contributed by atoms with E-state index in [0.717, 1.165) is 0 Å². The number of carboxylic acids is 1. The number of carbonyl (C=O) groups is 4. The van der Waals surface area contributed by atoms with E-state index in [2.05, 4.69) is 16.0 Å². The molecule has 126 valence electrons. The van der Waals surface area contributed by atoms with E-state index in [1.807, 2.05) is 0 Å². The molecule has 0 aromatic heterocycles. The van der Waals surface area contributed by atoms with Crippen molar-refractivity contribution in [3.63, 3.8) is 0 Å². The number of nitrogens with one attached hydrogen (secondary N) is 3. The first-order valence-electron chi connectivity index (χ1n) is 6.60. The summed E-state index contributed by atoms with van der Waals surface area (Å²) < 4.78 is 0. The SMILES string of the molecule is CC(N)C(=O)NC(C(=O)NCC(=O)NC(C)C(=O)O)C(C)O. The maximum Gasteiger partial charge on any atom is 0.325 e. The van der Waals surface area contributed by atoms with Gasteiger partial charge in [-0.1, -0.05) is 0 Å². The second-order valence-electron chi connectivity index (χ2n) is 4.86. The number of hydrogen-bond acceptors (Lipinski definition) is 6. The maximum absolute atomic E-state index is 11.8. The first-order valence-corrected chi connectivity index (χ1v) is 6.60. The molecule has 0 fully saturated rings. The Morgan fingerprint density at radius 1 is 1.05 bits per heavy atom. The predicted molar refractivity (Wildman–Crippen MR) is 75.5 cm³/mol. The zero-order valence-corrected chi connectivity index (χ0v) is 12.6. The minimum atomic E-state index is -1.27. The van der Waals surface area contributed by atoms with Crippen LogP contribution in [0.2, 0.25) is 0 Å². The number of aliphatic hydroxyl groups excluding tert-OH is 1. The number of hydrogen-bond donors (Lipinski definition) is 6.